The maximum absolute atomic E-state index is 12.5. The molecule has 0 radical (unpaired) electrons. The molecule has 0 fully saturated rings. The monoisotopic (exact) mass is 617 g/mol. The van der Waals surface area contributed by atoms with E-state index < -0.39 is 11.9 Å². The highest BCUT2D eigenvalue weighted by Crippen LogP contribution is 2.38. The fourth-order valence-electron chi connectivity index (χ4n) is 3.12. The molecule has 0 aromatic heterocycles. The second kappa shape index (κ2) is 9.88. The maximum Gasteiger partial charge on any atom is 0.363 e. The van der Waals surface area contributed by atoms with Gasteiger partial charge in [0.05, 0.1) is 17.1 Å². The summed E-state index contributed by atoms with van der Waals surface area (Å²) >= 11 is 5.67. The van der Waals surface area contributed by atoms with E-state index in [2.05, 4.69) is 43.5 Å². The largest absolute Gasteiger partial charge is 0.493 e. The van der Waals surface area contributed by atoms with Gasteiger partial charge in [0.1, 0.15) is 0 Å². The van der Waals surface area contributed by atoms with Crippen molar-refractivity contribution in [1.29, 1.82) is 0 Å². The molecular formula is C25H17BrINO5. The first-order valence-electron chi connectivity index (χ1n) is 9.79. The van der Waals surface area contributed by atoms with E-state index in [1.165, 1.54) is 7.11 Å². The van der Waals surface area contributed by atoms with Crippen LogP contribution in [0.3, 0.4) is 0 Å². The third-order valence-corrected chi connectivity index (χ3v) is 6.58. The van der Waals surface area contributed by atoms with Crippen molar-refractivity contribution in [1.82, 2.24) is 0 Å². The number of esters is 2. The SMILES string of the molecule is COc1cc(/C=C2\N=C(c3ccc(I)c(C)c3)OC2=O)cc(Br)c1OC(=O)c1ccccc1. The van der Waals surface area contributed by atoms with Gasteiger partial charge in [-0.3, -0.25) is 0 Å². The van der Waals surface area contributed by atoms with E-state index in [-0.39, 0.29) is 17.3 Å². The Morgan fingerprint density at radius 1 is 1.12 bits per heavy atom. The van der Waals surface area contributed by atoms with Gasteiger partial charge in [0.2, 0.25) is 5.90 Å². The molecule has 0 aliphatic carbocycles. The van der Waals surface area contributed by atoms with Crippen LogP contribution in [0.15, 0.2) is 75.8 Å². The van der Waals surface area contributed by atoms with Gasteiger partial charge in [-0.1, -0.05) is 18.2 Å². The van der Waals surface area contributed by atoms with Crippen molar-refractivity contribution >= 4 is 62.4 Å². The molecule has 0 unspecified atom stereocenters. The number of benzene rings is 3. The lowest BCUT2D eigenvalue weighted by molar-refractivity contribution is -0.129. The smallest absolute Gasteiger partial charge is 0.363 e. The number of carbonyl (C=O) groups is 2. The fourth-order valence-corrected chi connectivity index (χ4v) is 3.99. The number of carbonyl (C=O) groups excluding carboxylic acids is 2. The van der Waals surface area contributed by atoms with Gasteiger partial charge >= 0.3 is 11.9 Å². The first kappa shape index (κ1) is 23.2. The van der Waals surface area contributed by atoms with Crippen molar-refractivity contribution < 1.29 is 23.8 Å². The molecule has 0 saturated heterocycles. The molecule has 1 heterocycles. The lowest BCUT2D eigenvalue weighted by Crippen LogP contribution is -2.09. The Kier molecular flexibility index (Phi) is 6.94. The fraction of sp³-hybridized carbons (Fsp3) is 0.0800. The molecule has 0 N–H and O–H groups in total. The van der Waals surface area contributed by atoms with E-state index in [4.69, 9.17) is 14.2 Å². The van der Waals surface area contributed by atoms with E-state index in [1.807, 2.05) is 31.2 Å². The number of methoxy groups -OCH3 is 1. The second-order valence-corrected chi connectivity index (χ2v) is 9.11. The number of cyclic esters (lactones) is 1. The highest BCUT2D eigenvalue weighted by Gasteiger charge is 2.25. The Balaban J connectivity index is 1.63. The minimum absolute atomic E-state index is 0.157. The van der Waals surface area contributed by atoms with Crippen LogP contribution in [0.25, 0.3) is 6.08 Å². The zero-order valence-corrected chi connectivity index (χ0v) is 21.3. The quantitative estimate of drug-likeness (QED) is 0.153. The van der Waals surface area contributed by atoms with E-state index in [0.29, 0.717) is 21.3 Å². The zero-order valence-electron chi connectivity index (χ0n) is 17.6. The van der Waals surface area contributed by atoms with E-state index in [9.17, 15) is 9.59 Å². The normalized spacial score (nSPS) is 14.1. The Hall–Kier alpha value is -2.98. The van der Waals surface area contributed by atoms with Crippen molar-refractivity contribution in [2.45, 2.75) is 6.92 Å². The van der Waals surface area contributed by atoms with Crippen LogP contribution in [0.5, 0.6) is 11.5 Å². The average Bonchev–Trinajstić information content (AvgIpc) is 3.17. The zero-order chi connectivity index (χ0) is 23.5. The van der Waals surface area contributed by atoms with Gasteiger partial charge in [-0.05, 0) is 105 Å². The summed E-state index contributed by atoms with van der Waals surface area (Å²) in [6, 6.07) is 17.7. The van der Waals surface area contributed by atoms with Crippen LogP contribution in [-0.4, -0.2) is 24.9 Å². The van der Waals surface area contributed by atoms with Gasteiger partial charge < -0.3 is 14.2 Å². The van der Waals surface area contributed by atoms with Crippen LogP contribution in [0.2, 0.25) is 0 Å². The third-order valence-electron chi connectivity index (χ3n) is 4.78. The lowest BCUT2D eigenvalue weighted by Gasteiger charge is -2.12. The molecule has 0 bridgehead atoms. The predicted molar refractivity (Wildman–Crippen MR) is 137 cm³/mol. The van der Waals surface area contributed by atoms with Crippen molar-refractivity contribution in [3.05, 3.63) is 96.7 Å². The number of aryl methyl sites for hydroxylation is 1. The molecule has 3 aromatic rings. The van der Waals surface area contributed by atoms with Crippen molar-refractivity contribution in [2.24, 2.45) is 4.99 Å². The summed E-state index contributed by atoms with van der Waals surface area (Å²) in [5, 5.41) is 0. The number of ether oxygens (including phenoxy) is 3. The standard InChI is InChI=1S/C25H17BrINO5/c1-14-10-17(8-9-19(14)27)23-28-20(25(30)33-23)12-15-11-18(26)22(21(13-15)31-2)32-24(29)16-6-4-3-5-7-16/h3-13H,1-2H3/b20-12-. The topological polar surface area (TPSA) is 74.2 Å². The minimum atomic E-state index is -0.545. The molecule has 0 atom stereocenters. The number of hydrogen-bond acceptors (Lipinski definition) is 6. The van der Waals surface area contributed by atoms with Crippen LogP contribution in [0, 0.1) is 10.5 Å². The second-order valence-electron chi connectivity index (χ2n) is 7.09. The van der Waals surface area contributed by atoms with Crippen LogP contribution >= 0.6 is 38.5 Å². The third kappa shape index (κ3) is 5.17. The van der Waals surface area contributed by atoms with Gasteiger partial charge in [0, 0.05) is 9.13 Å². The number of hydrogen-bond donors (Lipinski definition) is 0. The Bertz CT molecular complexity index is 1320. The van der Waals surface area contributed by atoms with E-state index >= 15 is 0 Å². The van der Waals surface area contributed by atoms with E-state index in [0.717, 1.165) is 14.7 Å². The van der Waals surface area contributed by atoms with Crippen LogP contribution in [0.4, 0.5) is 0 Å². The number of nitrogens with zero attached hydrogens (tertiary/aromatic N) is 1. The Labute approximate surface area is 212 Å². The summed E-state index contributed by atoms with van der Waals surface area (Å²) < 4.78 is 17.9. The summed E-state index contributed by atoms with van der Waals surface area (Å²) in [7, 11) is 1.47. The van der Waals surface area contributed by atoms with Crippen molar-refractivity contribution in [3.8, 4) is 11.5 Å². The van der Waals surface area contributed by atoms with Crippen molar-refractivity contribution in [3.63, 3.8) is 0 Å². The Morgan fingerprint density at radius 3 is 2.58 bits per heavy atom. The average molecular weight is 618 g/mol. The minimum Gasteiger partial charge on any atom is -0.493 e. The molecule has 3 aromatic carbocycles. The molecule has 8 heteroatoms. The number of rotatable bonds is 5. The van der Waals surface area contributed by atoms with Crippen LogP contribution < -0.4 is 9.47 Å². The molecule has 4 rings (SSSR count). The van der Waals surface area contributed by atoms with Gasteiger partial charge in [0.15, 0.2) is 17.2 Å². The highest BCUT2D eigenvalue weighted by atomic mass is 127. The first-order chi connectivity index (χ1) is 15.9. The predicted octanol–water partition coefficient (Wildman–Crippen LogP) is 5.93. The number of aliphatic imine (C=N–C) groups is 1. The number of halogens is 2. The molecular weight excluding hydrogens is 601 g/mol. The van der Waals surface area contributed by atoms with Gasteiger partial charge in [0.25, 0.3) is 0 Å². The molecule has 6 nitrogen and oxygen atoms in total. The lowest BCUT2D eigenvalue weighted by atomic mass is 10.1. The highest BCUT2D eigenvalue weighted by molar-refractivity contribution is 14.1. The molecule has 33 heavy (non-hydrogen) atoms. The molecule has 166 valence electrons. The van der Waals surface area contributed by atoms with E-state index in [1.54, 1.807) is 42.5 Å². The summed E-state index contributed by atoms with van der Waals surface area (Å²) in [5.74, 6) is -0.242. The first-order valence-corrected chi connectivity index (χ1v) is 11.7. The molecule has 0 spiro atoms. The van der Waals surface area contributed by atoms with Crippen LogP contribution in [-0.2, 0) is 9.53 Å². The summed E-state index contributed by atoms with van der Waals surface area (Å²) in [5.41, 5.74) is 2.99. The summed E-state index contributed by atoms with van der Waals surface area (Å²) in [6.07, 6.45) is 1.59. The van der Waals surface area contributed by atoms with Gasteiger partial charge in [-0.25, -0.2) is 14.6 Å². The van der Waals surface area contributed by atoms with Gasteiger partial charge in [-0.2, -0.15) is 0 Å². The molecule has 1 aliphatic rings. The molecule has 0 amide bonds. The summed E-state index contributed by atoms with van der Waals surface area (Å²) in [4.78, 5) is 29.2. The Morgan fingerprint density at radius 2 is 1.88 bits per heavy atom. The maximum atomic E-state index is 12.5. The van der Waals surface area contributed by atoms with Crippen molar-refractivity contribution in [2.75, 3.05) is 7.11 Å². The molecule has 1 aliphatic heterocycles. The molecule has 0 saturated carbocycles. The summed E-state index contributed by atoms with van der Waals surface area (Å²) in [6.45, 7) is 1.98. The van der Waals surface area contributed by atoms with Gasteiger partial charge in [-0.15, -0.1) is 0 Å². The van der Waals surface area contributed by atoms with Crippen LogP contribution in [0.1, 0.15) is 27.0 Å².